The molecule has 1 aliphatic carbocycles. The number of pyridine rings is 1. The maximum absolute atomic E-state index is 12.5. The van der Waals surface area contributed by atoms with Gasteiger partial charge in [-0.3, -0.25) is 14.7 Å². The molecule has 0 bridgehead atoms. The lowest BCUT2D eigenvalue weighted by atomic mass is 9.62. The molecule has 1 aliphatic heterocycles. The van der Waals surface area contributed by atoms with Crippen molar-refractivity contribution in [1.29, 1.82) is 0 Å². The average Bonchev–Trinajstić information content (AvgIpc) is 2.93. The van der Waals surface area contributed by atoms with Crippen molar-refractivity contribution in [3.05, 3.63) is 70.6 Å². The predicted molar refractivity (Wildman–Crippen MR) is 132 cm³/mol. The average molecular weight is 446 g/mol. The van der Waals surface area contributed by atoms with Crippen LogP contribution in [0, 0.1) is 6.92 Å². The highest BCUT2D eigenvalue weighted by Crippen LogP contribution is 2.47. The van der Waals surface area contributed by atoms with E-state index in [2.05, 4.69) is 63.6 Å². The summed E-state index contributed by atoms with van der Waals surface area (Å²) in [5, 5.41) is 2.71. The Morgan fingerprint density at radius 3 is 2.15 bits per heavy atom. The molecule has 33 heavy (non-hydrogen) atoms. The summed E-state index contributed by atoms with van der Waals surface area (Å²) >= 11 is 0. The topological polar surface area (TPSA) is 62.3 Å². The molecule has 174 valence electrons. The van der Waals surface area contributed by atoms with Gasteiger partial charge in [-0.25, -0.2) is 4.79 Å². The van der Waals surface area contributed by atoms with Gasteiger partial charge in [0.1, 0.15) is 5.54 Å². The van der Waals surface area contributed by atoms with Gasteiger partial charge in [-0.05, 0) is 84.4 Å². The number of hydrogen-bond acceptors (Lipinski definition) is 3. The Hall–Kier alpha value is -2.95. The van der Waals surface area contributed by atoms with E-state index in [-0.39, 0.29) is 29.3 Å². The second-order valence-electron chi connectivity index (χ2n) is 11.5. The minimum absolute atomic E-state index is 0.126. The van der Waals surface area contributed by atoms with Crippen LogP contribution in [-0.4, -0.2) is 27.4 Å². The molecule has 4 rings (SSSR count). The summed E-state index contributed by atoms with van der Waals surface area (Å²) in [6, 6.07) is 8.13. The van der Waals surface area contributed by atoms with Crippen molar-refractivity contribution in [1.82, 2.24) is 15.2 Å². The normalized spacial score (nSPS) is 20.4. The Balaban J connectivity index is 1.61. The second-order valence-corrected chi connectivity index (χ2v) is 11.5. The van der Waals surface area contributed by atoms with Crippen molar-refractivity contribution in [2.45, 2.75) is 84.2 Å². The number of urea groups is 1. The molecular formula is C28H35N3O2. The fraction of sp³-hybridized carbons (Fsp3) is 0.464. The lowest BCUT2D eigenvalue weighted by Gasteiger charge is -2.42. The van der Waals surface area contributed by atoms with Crippen LogP contribution in [0.5, 0.6) is 0 Å². The Labute approximate surface area is 197 Å². The monoisotopic (exact) mass is 445 g/mol. The van der Waals surface area contributed by atoms with Crippen LogP contribution in [-0.2, 0) is 22.2 Å². The van der Waals surface area contributed by atoms with E-state index in [0.717, 1.165) is 28.8 Å². The fourth-order valence-corrected chi connectivity index (χ4v) is 5.03. The molecule has 1 aromatic heterocycles. The van der Waals surface area contributed by atoms with Crippen molar-refractivity contribution >= 4 is 17.5 Å². The van der Waals surface area contributed by atoms with Crippen LogP contribution < -0.4 is 5.32 Å². The Kier molecular flexibility index (Phi) is 5.31. The summed E-state index contributed by atoms with van der Waals surface area (Å²) in [6.45, 7) is 19.5. The highest BCUT2D eigenvalue weighted by atomic mass is 16.2. The lowest BCUT2D eigenvalue weighted by Crippen LogP contribution is -2.40. The van der Waals surface area contributed by atoms with Gasteiger partial charge in [-0.2, -0.15) is 0 Å². The summed E-state index contributed by atoms with van der Waals surface area (Å²) in [5.74, 6) is -0.226. The third kappa shape index (κ3) is 3.98. The number of amides is 3. The molecule has 2 heterocycles. The number of aromatic nitrogens is 1. The van der Waals surface area contributed by atoms with Gasteiger partial charge in [0.25, 0.3) is 5.91 Å². The van der Waals surface area contributed by atoms with Gasteiger partial charge in [0, 0.05) is 11.8 Å². The molecule has 1 saturated heterocycles. The van der Waals surface area contributed by atoms with Gasteiger partial charge >= 0.3 is 6.03 Å². The van der Waals surface area contributed by atoms with E-state index in [1.807, 2.05) is 12.1 Å². The number of carbonyl (C=O) groups excluding carboxylic acids is 2. The first-order valence-electron chi connectivity index (χ1n) is 11.7. The van der Waals surface area contributed by atoms with Gasteiger partial charge in [-0.1, -0.05) is 46.4 Å². The summed E-state index contributed by atoms with van der Waals surface area (Å²) in [4.78, 5) is 30.5. The number of nitrogens with zero attached hydrogens (tertiary/aromatic N) is 2. The molecule has 0 radical (unpaired) electrons. The van der Waals surface area contributed by atoms with E-state index >= 15 is 0 Å². The molecule has 1 aromatic carbocycles. The van der Waals surface area contributed by atoms with Crippen LogP contribution in [0.25, 0.3) is 5.57 Å². The fourth-order valence-electron chi connectivity index (χ4n) is 5.03. The van der Waals surface area contributed by atoms with Crippen LogP contribution in [0.3, 0.4) is 0 Å². The molecule has 0 spiro atoms. The van der Waals surface area contributed by atoms with E-state index in [4.69, 9.17) is 0 Å². The van der Waals surface area contributed by atoms with E-state index in [9.17, 15) is 9.59 Å². The van der Waals surface area contributed by atoms with Crippen LogP contribution in [0.1, 0.15) is 87.9 Å². The maximum atomic E-state index is 12.5. The Bertz CT molecular complexity index is 1160. The molecule has 2 aromatic rings. The Morgan fingerprint density at radius 2 is 1.64 bits per heavy atom. The third-order valence-electron chi connectivity index (χ3n) is 7.44. The number of rotatable bonds is 4. The molecule has 5 heteroatoms. The van der Waals surface area contributed by atoms with E-state index in [1.54, 1.807) is 20.0 Å². The van der Waals surface area contributed by atoms with Crippen molar-refractivity contribution in [3.63, 3.8) is 0 Å². The molecular weight excluding hydrogens is 410 g/mol. The van der Waals surface area contributed by atoms with Crippen molar-refractivity contribution in [2.24, 2.45) is 0 Å². The number of aryl methyl sites for hydroxylation is 1. The summed E-state index contributed by atoms with van der Waals surface area (Å²) in [5.41, 5.74) is 7.08. The number of carbonyl (C=O) groups is 2. The van der Waals surface area contributed by atoms with E-state index < -0.39 is 5.54 Å². The number of fused-ring (bicyclic) bond motifs is 1. The van der Waals surface area contributed by atoms with E-state index in [1.165, 1.54) is 28.0 Å². The first kappa shape index (κ1) is 23.2. The van der Waals surface area contributed by atoms with Gasteiger partial charge in [0.15, 0.2) is 0 Å². The number of imide groups is 1. The van der Waals surface area contributed by atoms with Crippen LogP contribution >= 0.6 is 0 Å². The summed E-state index contributed by atoms with van der Waals surface area (Å²) in [7, 11) is 0. The lowest BCUT2D eigenvalue weighted by molar-refractivity contribution is -0.130. The predicted octanol–water partition coefficient (Wildman–Crippen LogP) is 5.63. The van der Waals surface area contributed by atoms with Gasteiger partial charge in [-0.15, -0.1) is 0 Å². The third-order valence-corrected chi connectivity index (χ3v) is 7.44. The molecule has 5 nitrogen and oxygen atoms in total. The van der Waals surface area contributed by atoms with Crippen LogP contribution in [0.4, 0.5) is 4.79 Å². The zero-order valence-electron chi connectivity index (χ0n) is 20.9. The van der Waals surface area contributed by atoms with Crippen LogP contribution in [0.2, 0.25) is 0 Å². The number of nitrogens with one attached hydrogen (secondary N) is 1. The summed E-state index contributed by atoms with van der Waals surface area (Å²) < 4.78 is 0. The first-order chi connectivity index (χ1) is 15.2. The molecule has 1 fully saturated rings. The van der Waals surface area contributed by atoms with E-state index in [0.29, 0.717) is 0 Å². The number of hydrogen-bond donors (Lipinski definition) is 1. The maximum Gasteiger partial charge on any atom is 0.325 e. The quantitative estimate of drug-likeness (QED) is 0.620. The van der Waals surface area contributed by atoms with Crippen LogP contribution in [0.15, 0.2) is 37.0 Å². The smallest absolute Gasteiger partial charge is 0.324 e. The summed E-state index contributed by atoms with van der Waals surface area (Å²) in [6.07, 6.45) is 4.08. The Morgan fingerprint density at radius 1 is 1.03 bits per heavy atom. The zero-order chi connectivity index (χ0) is 24.3. The molecule has 1 N–H and O–H groups in total. The molecule has 0 atom stereocenters. The molecule has 0 unspecified atom stereocenters. The first-order valence-corrected chi connectivity index (χ1v) is 11.7. The number of benzene rings is 1. The largest absolute Gasteiger partial charge is 0.325 e. The molecule has 0 saturated carbocycles. The molecule has 3 amide bonds. The van der Waals surface area contributed by atoms with Gasteiger partial charge in [0.2, 0.25) is 0 Å². The van der Waals surface area contributed by atoms with Crippen molar-refractivity contribution in [2.75, 3.05) is 0 Å². The SMILES string of the molecule is C=C(c1ccc(CN2C(=O)NC(C)(C)C2=O)cn1)c1cc2c(cc1C)C(C)(C)CCC2(C)C. The van der Waals surface area contributed by atoms with Gasteiger partial charge in [0.05, 0.1) is 12.2 Å². The second kappa shape index (κ2) is 7.54. The van der Waals surface area contributed by atoms with Crippen molar-refractivity contribution < 1.29 is 9.59 Å². The van der Waals surface area contributed by atoms with Crippen molar-refractivity contribution in [3.8, 4) is 0 Å². The standard InChI is InChI=1S/C28H35N3O2/c1-17-13-21-22(27(5,6)12-11-26(21,3)4)14-20(17)18(2)23-10-9-19(15-29-23)16-31-24(32)28(7,8)30-25(31)33/h9-10,13-15H,2,11-12,16H2,1,3-8H3,(H,30,33). The highest BCUT2D eigenvalue weighted by Gasteiger charge is 2.44. The minimum Gasteiger partial charge on any atom is -0.324 e. The van der Waals surface area contributed by atoms with Gasteiger partial charge < -0.3 is 5.32 Å². The minimum atomic E-state index is -0.870. The molecule has 2 aliphatic rings. The highest BCUT2D eigenvalue weighted by molar-refractivity contribution is 6.06. The zero-order valence-corrected chi connectivity index (χ0v) is 20.9.